The smallest absolute Gasteiger partial charge is 0.278 e. The van der Waals surface area contributed by atoms with Gasteiger partial charge in [0.15, 0.2) is 5.76 Å². The maximum absolute atomic E-state index is 15.3. The van der Waals surface area contributed by atoms with Gasteiger partial charge in [0.1, 0.15) is 6.29 Å². The number of hydrogen-bond donors (Lipinski definition) is 0. The molecule has 0 amide bonds. The van der Waals surface area contributed by atoms with E-state index in [2.05, 4.69) is 5.16 Å². The fourth-order valence-corrected chi connectivity index (χ4v) is 4.70. The Labute approximate surface area is 203 Å². The van der Waals surface area contributed by atoms with Crippen molar-refractivity contribution in [2.45, 2.75) is 50.4 Å². The summed E-state index contributed by atoms with van der Waals surface area (Å²) in [4.78, 5) is 11.4. The summed E-state index contributed by atoms with van der Waals surface area (Å²) in [5.41, 5.74) is 4.42. The molecule has 1 aromatic heterocycles. The van der Waals surface area contributed by atoms with Crippen LogP contribution in [-0.4, -0.2) is 11.4 Å². The van der Waals surface area contributed by atoms with E-state index in [0.29, 0.717) is 18.4 Å². The van der Waals surface area contributed by atoms with Crippen LogP contribution in [0.15, 0.2) is 83.4 Å². The van der Waals surface area contributed by atoms with Gasteiger partial charge in [0.05, 0.1) is 16.7 Å². The highest BCUT2D eigenvalue weighted by atomic mass is 19.3. The molecule has 5 heteroatoms. The number of aryl methyl sites for hydroxylation is 2. The predicted octanol–water partition coefficient (Wildman–Crippen LogP) is 7.66. The van der Waals surface area contributed by atoms with Crippen molar-refractivity contribution >= 4 is 6.29 Å². The van der Waals surface area contributed by atoms with E-state index in [9.17, 15) is 4.79 Å². The van der Waals surface area contributed by atoms with Gasteiger partial charge in [0, 0.05) is 12.0 Å². The first-order chi connectivity index (χ1) is 16.9. The van der Waals surface area contributed by atoms with Gasteiger partial charge in [0.25, 0.3) is 5.92 Å². The van der Waals surface area contributed by atoms with E-state index in [1.807, 2.05) is 66.7 Å². The molecule has 1 aliphatic rings. The number of hydrogen-bond acceptors (Lipinski definition) is 3. The van der Waals surface area contributed by atoms with Gasteiger partial charge < -0.3 is 9.32 Å². The monoisotopic (exact) mass is 471 g/mol. The molecule has 0 saturated heterocycles. The van der Waals surface area contributed by atoms with Gasteiger partial charge in [-0.25, -0.2) is 8.78 Å². The van der Waals surface area contributed by atoms with Gasteiger partial charge in [0.2, 0.25) is 0 Å². The van der Waals surface area contributed by atoms with Crippen molar-refractivity contribution < 1.29 is 18.1 Å². The van der Waals surface area contributed by atoms with Crippen LogP contribution < -0.4 is 0 Å². The largest absolute Gasteiger partial charge is 0.355 e. The van der Waals surface area contributed by atoms with Crippen LogP contribution >= 0.6 is 0 Å². The fraction of sp³-hybridized carbons (Fsp3) is 0.267. The Morgan fingerprint density at radius 2 is 1.51 bits per heavy atom. The molecule has 0 bridgehead atoms. The van der Waals surface area contributed by atoms with E-state index in [0.717, 1.165) is 41.4 Å². The Hall–Kier alpha value is -3.60. The van der Waals surface area contributed by atoms with Gasteiger partial charge in [-0.3, -0.25) is 0 Å². The highest BCUT2D eigenvalue weighted by Crippen LogP contribution is 2.46. The molecule has 0 aliphatic heterocycles. The molecule has 0 radical (unpaired) electrons. The maximum Gasteiger partial charge on any atom is 0.278 e. The zero-order chi connectivity index (χ0) is 24.5. The Morgan fingerprint density at radius 3 is 2.11 bits per heavy atom. The van der Waals surface area contributed by atoms with E-state index in [4.69, 9.17) is 4.52 Å². The van der Waals surface area contributed by atoms with Gasteiger partial charge in [-0.2, -0.15) is 0 Å². The predicted molar refractivity (Wildman–Crippen MR) is 132 cm³/mol. The van der Waals surface area contributed by atoms with Crippen LogP contribution in [0.25, 0.3) is 22.5 Å². The number of rotatable bonds is 9. The molecule has 3 aromatic carbocycles. The minimum absolute atomic E-state index is 0.121. The summed E-state index contributed by atoms with van der Waals surface area (Å²) in [6.45, 7) is 1.56. The van der Waals surface area contributed by atoms with Crippen LogP contribution in [0.5, 0.6) is 0 Å². The third-order valence-corrected chi connectivity index (χ3v) is 6.98. The minimum Gasteiger partial charge on any atom is -0.355 e. The lowest BCUT2D eigenvalue weighted by molar-refractivity contribution is -0.109. The molecule has 5 rings (SSSR count). The summed E-state index contributed by atoms with van der Waals surface area (Å²) in [5.74, 6) is -2.92. The van der Waals surface area contributed by atoms with Crippen molar-refractivity contribution in [1.29, 1.82) is 0 Å². The third kappa shape index (κ3) is 4.68. The number of aromatic nitrogens is 1. The molecule has 1 saturated carbocycles. The Kier molecular flexibility index (Phi) is 6.10. The van der Waals surface area contributed by atoms with Crippen molar-refractivity contribution in [3.05, 3.63) is 101 Å². The molecule has 1 aliphatic carbocycles. The molecule has 4 aromatic rings. The van der Waals surface area contributed by atoms with Crippen molar-refractivity contribution in [2.24, 2.45) is 0 Å². The number of alkyl halides is 2. The average molecular weight is 472 g/mol. The first-order valence-electron chi connectivity index (χ1n) is 12.0. The lowest BCUT2D eigenvalue weighted by Crippen LogP contribution is -2.15. The molecule has 0 spiro atoms. The Morgan fingerprint density at radius 1 is 0.914 bits per heavy atom. The van der Waals surface area contributed by atoms with E-state index in [1.54, 1.807) is 19.1 Å². The molecule has 35 heavy (non-hydrogen) atoms. The number of nitrogens with zero attached hydrogens (tertiary/aromatic N) is 1. The van der Waals surface area contributed by atoms with Gasteiger partial charge in [-0.05, 0) is 54.9 Å². The zero-order valence-corrected chi connectivity index (χ0v) is 19.6. The molecule has 0 N–H and O–H groups in total. The highest BCUT2D eigenvalue weighted by Gasteiger charge is 2.44. The number of carbonyl (C=O) groups excluding carboxylic acids is 1. The fourth-order valence-electron chi connectivity index (χ4n) is 4.70. The number of carbonyl (C=O) groups is 1. The van der Waals surface area contributed by atoms with E-state index in [-0.39, 0.29) is 28.9 Å². The molecule has 178 valence electrons. The summed E-state index contributed by atoms with van der Waals surface area (Å²) in [7, 11) is 0. The summed E-state index contributed by atoms with van der Waals surface area (Å²) in [5, 5.41) is 3.87. The maximum atomic E-state index is 15.3. The van der Waals surface area contributed by atoms with E-state index < -0.39 is 5.92 Å². The van der Waals surface area contributed by atoms with Crippen LogP contribution in [0.4, 0.5) is 8.78 Å². The molecule has 3 nitrogen and oxygen atoms in total. The number of halogens is 2. The molecule has 0 atom stereocenters. The average Bonchev–Trinajstić information content (AvgIpc) is 3.59. The van der Waals surface area contributed by atoms with Gasteiger partial charge >= 0.3 is 0 Å². The van der Waals surface area contributed by atoms with Crippen LogP contribution in [0.1, 0.15) is 48.1 Å². The van der Waals surface area contributed by atoms with Gasteiger partial charge in [-0.1, -0.05) is 84.0 Å². The van der Waals surface area contributed by atoms with Crippen LogP contribution in [0.3, 0.4) is 0 Å². The Balaban J connectivity index is 1.33. The zero-order valence-electron chi connectivity index (χ0n) is 19.6. The standard InChI is InChI=1S/C30H27F2NO2/c1-21-27(30(31,32)17-5-8-22-6-3-2-4-7-22)28(35-33-21)25-11-9-23(10-12-25)24-13-15-26(16-14-24)29(20-34)18-19-29/h2-4,6-7,9-16,20H,5,8,17-19H2,1H3. The quantitative estimate of drug-likeness (QED) is 0.235. The van der Waals surface area contributed by atoms with Crippen molar-refractivity contribution in [2.75, 3.05) is 0 Å². The highest BCUT2D eigenvalue weighted by molar-refractivity contribution is 5.75. The lowest BCUT2D eigenvalue weighted by Gasteiger charge is -2.17. The third-order valence-electron chi connectivity index (χ3n) is 6.98. The summed E-state index contributed by atoms with van der Waals surface area (Å²) < 4.78 is 36.0. The number of benzene rings is 3. The second kappa shape index (κ2) is 9.21. The molecular weight excluding hydrogens is 444 g/mol. The van der Waals surface area contributed by atoms with Crippen molar-refractivity contribution in [3.8, 4) is 22.5 Å². The Bertz CT molecular complexity index is 1300. The van der Waals surface area contributed by atoms with Crippen LogP contribution in [0.2, 0.25) is 0 Å². The summed E-state index contributed by atoms with van der Waals surface area (Å²) in [6, 6.07) is 25.0. The van der Waals surface area contributed by atoms with Crippen molar-refractivity contribution in [3.63, 3.8) is 0 Å². The molecule has 1 fully saturated rings. The first-order valence-corrected chi connectivity index (χ1v) is 12.0. The topological polar surface area (TPSA) is 43.1 Å². The second-order valence-electron chi connectivity index (χ2n) is 9.44. The number of aldehydes is 1. The van der Waals surface area contributed by atoms with Gasteiger partial charge in [-0.15, -0.1) is 0 Å². The van der Waals surface area contributed by atoms with E-state index >= 15 is 8.78 Å². The second-order valence-corrected chi connectivity index (χ2v) is 9.44. The first kappa shape index (κ1) is 23.2. The van der Waals surface area contributed by atoms with Crippen LogP contribution in [0, 0.1) is 6.92 Å². The lowest BCUT2D eigenvalue weighted by atomic mass is 9.94. The van der Waals surface area contributed by atoms with E-state index in [1.165, 1.54) is 0 Å². The molecule has 1 heterocycles. The van der Waals surface area contributed by atoms with Crippen LogP contribution in [-0.2, 0) is 22.6 Å². The minimum atomic E-state index is -3.04. The summed E-state index contributed by atoms with van der Waals surface area (Å²) >= 11 is 0. The molecular formula is C30H27F2NO2. The van der Waals surface area contributed by atoms with Crippen molar-refractivity contribution in [1.82, 2.24) is 5.16 Å². The molecule has 0 unspecified atom stereocenters. The normalized spacial score (nSPS) is 14.6. The SMILES string of the molecule is Cc1noc(-c2ccc(-c3ccc(C4(C=O)CC4)cc3)cc2)c1C(F)(F)CCCc1ccccc1. The summed E-state index contributed by atoms with van der Waals surface area (Å²) in [6.07, 6.45) is 3.54.